The summed E-state index contributed by atoms with van der Waals surface area (Å²) in [5.74, 6) is -0.616. The van der Waals surface area contributed by atoms with Crippen molar-refractivity contribution in [1.82, 2.24) is 4.90 Å². The van der Waals surface area contributed by atoms with Crippen molar-refractivity contribution in [1.29, 1.82) is 0 Å². The summed E-state index contributed by atoms with van der Waals surface area (Å²) in [4.78, 5) is 38.9. The van der Waals surface area contributed by atoms with Gasteiger partial charge in [-0.15, -0.1) is 0 Å². The number of hydrogen-bond acceptors (Lipinski definition) is 4. The van der Waals surface area contributed by atoms with E-state index in [1.807, 2.05) is 49.5 Å². The molecule has 0 radical (unpaired) electrons. The number of hydrogen-bond donors (Lipinski definition) is 1. The average Bonchev–Trinajstić information content (AvgIpc) is 2.99. The van der Waals surface area contributed by atoms with Crippen LogP contribution in [0, 0.1) is 0 Å². The van der Waals surface area contributed by atoms with Crippen LogP contribution in [0.2, 0.25) is 0 Å². The van der Waals surface area contributed by atoms with Gasteiger partial charge in [-0.05, 0) is 17.7 Å². The molecule has 2 aromatic rings. The van der Waals surface area contributed by atoms with Crippen LogP contribution in [0.25, 0.3) is 0 Å². The molecule has 1 saturated heterocycles. The topological polar surface area (TPSA) is 69.7 Å². The van der Waals surface area contributed by atoms with E-state index < -0.39 is 0 Å². The summed E-state index contributed by atoms with van der Waals surface area (Å²) in [7, 11) is 1.97. The summed E-state index contributed by atoms with van der Waals surface area (Å²) in [6.45, 7) is 0.843. The molecule has 1 aliphatic heterocycles. The van der Waals surface area contributed by atoms with Gasteiger partial charge in [-0.25, -0.2) is 0 Å². The first-order chi connectivity index (χ1) is 13.0. The highest BCUT2D eigenvalue weighted by Crippen LogP contribution is 2.26. The number of para-hydroxylation sites is 2. The molecule has 1 heterocycles. The van der Waals surface area contributed by atoms with Gasteiger partial charge in [0.15, 0.2) is 0 Å². The van der Waals surface area contributed by atoms with Gasteiger partial charge < -0.3 is 10.2 Å². The van der Waals surface area contributed by atoms with E-state index in [0.29, 0.717) is 12.2 Å². The molecular formula is C21H23N3O3. The minimum Gasteiger partial charge on any atom is -0.369 e. The SMILES string of the molecule is CN(Cc1ccccc1)c1ccccc1NC(=O)CCN1C(=O)CCC1=O. The van der Waals surface area contributed by atoms with Gasteiger partial charge in [0.1, 0.15) is 0 Å². The molecule has 140 valence electrons. The van der Waals surface area contributed by atoms with E-state index in [1.54, 1.807) is 0 Å². The standard InChI is InChI=1S/C21H23N3O3/c1-23(15-16-7-3-2-4-8-16)18-10-6-5-9-17(18)22-19(25)13-14-24-20(26)11-12-21(24)27/h2-10H,11-15H2,1H3,(H,22,25). The van der Waals surface area contributed by atoms with E-state index in [9.17, 15) is 14.4 Å². The number of anilines is 2. The van der Waals surface area contributed by atoms with Gasteiger partial charge >= 0.3 is 0 Å². The number of imide groups is 1. The number of rotatable bonds is 7. The molecule has 1 N–H and O–H groups in total. The molecule has 0 bridgehead atoms. The Kier molecular flexibility index (Phi) is 5.86. The van der Waals surface area contributed by atoms with E-state index in [1.165, 1.54) is 10.5 Å². The van der Waals surface area contributed by atoms with Crippen LogP contribution in [0.1, 0.15) is 24.8 Å². The summed E-state index contributed by atoms with van der Waals surface area (Å²) in [6.07, 6.45) is 0.579. The molecule has 1 fully saturated rings. The van der Waals surface area contributed by atoms with Gasteiger partial charge in [-0.1, -0.05) is 42.5 Å². The van der Waals surface area contributed by atoms with Crippen molar-refractivity contribution in [3.05, 3.63) is 60.2 Å². The van der Waals surface area contributed by atoms with Gasteiger partial charge in [0.2, 0.25) is 17.7 Å². The Morgan fingerprint density at radius 3 is 2.33 bits per heavy atom. The summed E-state index contributed by atoms with van der Waals surface area (Å²) in [5, 5.41) is 2.90. The lowest BCUT2D eigenvalue weighted by Crippen LogP contribution is -2.32. The fourth-order valence-electron chi connectivity index (χ4n) is 3.15. The molecule has 0 aromatic heterocycles. The van der Waals surface area contributed by atoms with Crippen LogP contribution in [0.3, 0.4) is 0 Å². The highest BCUT2D eigenvalue weighted by atomic mass is 16.2. The van der Waals surface area contributed by atoms with Crippen molar-refractivity contribution < 1.29 is 14.4 Å². The van der Waals surface area contributed by atoms with Crippen LogP contribution < -0.4 is 10.2 Å². The number of amides is 3. The molecule has 0 aliphatic carbocycles. The Hall–Kier alpha value is -3.15. The van der Waals surface area contributed by atoms with Crippen molar-refractivity contribution >= 4 is 29.1 Å². The lowest BCUT2D eigenvalue weighted by Gasteiger charge is -2.23. The quantitative estimate of drug-likeness (QED) is 0.766. The lowest BCUT2D eigenvalue weighted by atomic mass is 10.2. The van der Waals surface area contributed by atoms with E-state index >= 15 is 0 Å². The Morgan fingerprint density at radius 2 is 1.63 bits per heavy atom. The highest BCUT2D eigenvalue weighted by Gasteiger charge is 2.28. The smallest absolute Gasteiger partial charge is 0.229 e. The third kappa shape index (κ3) is 4.73. The van der Waals surface area contributed by atoms with Gasteiger partial charge in [0.25, 0.3) is 0 Å². The summed E-state index contributed by atoms with van der Waals surface area (Å²) < 4.78 is 0. The summed E-state index contributed by atoms with van der Waals surface area (Å²) in [5.41, 5.74) is 2.79. The second-order valence-corrected chi connectivity index (χ2v) is 6.60. The molecule has 1 aliphatic rings. The van der Waals surface area contributed by atoms with Crippen molar-refractivity contribution in [2.45, 2.75) is 25.8 Å². The average molecular weight is 365 g/mol. The zero-order chi connectivity index (χ0) is 19.2. The second kappa shape index (κ2) is 8.49. The first-order valence-electron chi connectivity index (χ1n) is 9.02. The van der Waals surface area contributed by atoms with Gasteiger partial charge in [-0.3, -0.25) is 19.3 Å². The normalized spacial score (nSPS) is 13.7. The maximum Gasteiger partial charge on any atom is 0.229 e. The molecule has 0 saturated carbocycles. The number of nitrogens with zero attached hydrogens (tertiary/aromatic N) is 2. The van der Waals surface area contributed by atoms with Crippen molar-refractivity contribution in [2.75, 3.05) is 23.8 Å². The molecule has 3 rings (SSSR count). The molecule has 6 nitrogen and oxygen atoms in total. The largest absolute Gasteiger partial charge is 0.369 e. The maximum absolute atomic E-state index is 12.3. The third-order valence-corrected chi connectivity index (χ3v) is 4.57. The van der Waals surface area contributed by atoms with Gasteiger partial charge in [0, 0.05) is 39.4 Å². The monoisotopic (exact) mass is 365 g/mol. The molecule has 3 amide bonds. The van der Waals surface area contributed by atoms with E-state index in [-0.39, 0.29) is 43.5 Å². The molecule has 6 heteroatoms. The van der Waals surface area contributed by atoms with E-state index in [2.05, 4.69) is 22.3 Å². The van der Waals surface area contributed by atoms with Crippen LogP contribution >= 0.6 is 0 Å². The molecule has 2 aromatic carbocycles. The number of likely N-dealkylation sites (tertiary alicyclic amines) is 1. The van der Waals surface area contributed by atoms with Crippen LogP contribution in [0.5, 0.6) is 0 Å². The van der Waals surface area contributed by atoms with Gasteiger partial charge in [-0.2, -0.15) is 0 Å². The number of nitrogens with one attached hydrogen (secondary N) is 1. The van der Waals surface area contributed by atoms with E-state index in [0.717, 1.165) is 5.69 Å². The second-order valence-electron chi connectivity index (χ2n) is 6.60. The van der Waals surface area contributed by atoms with Crippen molar-refractivity contribution in [3.63, 3.8) is 0 Å². The number of carbonyl (C=O) groups is 3. The minimum atomic E-state index is -0.219. The highest BCUT2D eigenvalue weighted by molar-refractivity contribution is 6.02. The van der Waals surface area contributed by atoms with Gasteiger partial charge in [0.05, 0.1) is 11.4 Å². The van der Waals surface area contributed by atoms with Crippen LogP contribution in [0.15, 0.2) is 54.6 Å². The van der Waals surface area contributed by atoms with Crippen LogP contribution in [-0.2, 0) is 20.9 Å². The number of carbonyl (C=O) groups excluding carboxylic acids is 3. The Morgan fingerprint density at radius 1 is 1.00 bits per heavy atom. The molecule has 0 spiro atoms. The molecule has 0 unspecified atom stereocenters. The Bertz CT molecular complexity index is 820. The zero-order valence-electron chi connectivity index (χ0n) is 15.4. The lowest BCUT2D eigenvalue weighted by molar-refractivity contribution is -0.138. The fraction of sp³-hybridized carbons (Fsp3) is 0.286. The first-order valence-corrected chi connectivity index (χ1v) is 9.02. The Labute approximate surface area is 158 Å². The summed E-state index contributed by atoms with van der Waals surface area (Å²) in [6, 6.07) is 17.7. The van der Waals surface area contributed by atoms with Crippen LogP contribution in [-0.4, -0.2) is 36.2 Å². The molecule has 27 heavy (non-hydrogen) atoms. The number of benzene rings is 2. The minimum absolute atomic E-state index is 0.0915. The maximum atomic E-state index is 12.3. The first kappa shape index (κ1) is 18.6. The molecular weight excluding hydrogens is 342 g/mol. The third-order valence-electron chi connectivity index (χ3n) is 4.57. The summed E-state index contributed by atoms with van der Waals surface area (Å²) >= 11 is 0. The van der Waals surface area contributed by atoms with Crippen molar-refractivity contribution in [2.24, 2.45) is 0 Å². The van der Waals surface area contributed by atoms with Crippen LogP contribution in [0.4, 0.5) is 11.4 Å². The fourth-order valence-corrected chi connectivity index (χ4v) is 3.15. The molecule has 0 atom stereocenters. The predicted molar refractivity (Wildman–Crippen MR) is 104 cm³/mol. The van der Waals surface area contributed by atoms with E-state index in [4.69, 9.17) is 0 Å². The predicted octanol–water partition coefficient (Wildman–Crippen LogP) is 2.80. The van der Waals surface area contributed by atoms with Crippen molar-refractivity contribution in [3.8, 4) is 0 Å². The Balaban J connectivity index is 1.62. The zero-order valence-corrected chi connectivity index (χ0v) is 15.4.